The van der Waals surface area contributed by atoms with E-state index in [0.717, 1.165) is 13.1 Å². The molecule has 0 unspecified atom stereocenters. The van der Waals surface area contributed by atoms with E-state index in [-0.39, 0.29) is 12.6 Å². The molecule has 1 atom stereocenters. The molecule has 2 heterocycles. The zero-order chi connectivity index (χ0) is 13.0. The van der Waals surface area contributed by atoms with E-state index < -0.39 is 0 Å². The van der Waals surface area contributed by atoms with Crippen molar-refractivity contribution in [1.82, 2.24) is 9.97 Å². The van der Waals surface area contributed by atoms with Crippen molar-refractivity contribution in [3.8, 4) is 0 Å². The maximum atomic E-state index is 9.02. The number of hydrogen-bond acceptors (Lipinski definition) is 6. The monoisotopic (exact) mass is 272 g/mol. The number of nitrogens with one attached hydrogen (secondary N) is 1. The van der Waals surface area contributed by atoms with Crippen molar-refractivity contribution in [3.05, 3.63) is 11.2 Å². The van der Waals surface area contributed by atoms with E-state index in [1.54, 1.807) is 6.07 Å². The molecule has 0 bridgehead atoms. The van der Waals surface area contributed by atoms with E-state index in [9.17, 15) is 0 Å². The highest BCUT2D eigenvalue weighted by Crippen LogP contribution is 2.18. The molecule has 7 heteroatoms. The van der Waals surface area contributed by atoms with Crippen molar-refractivity contribution in [1.29, 1.82) is 0 Å². The van der Waals surface area contributed by atoms with Gasteiger partial charge in [-0.25, -0.2) is 4.98 Å². The van der Waals surface area contributed by atoms with E-state index >= 15 is 0 Å². The molecule has 1 saturated heterocycles. The van der Waals surface area contributed by atoms with Crippen LogP contribution in [0.2, 0.25) is 5.15 Å². The van der Waals surface area contributed by atoms with E-state index in [1.807, 2.05) is 11.8 Å². The lowest BCUT2D eigenvalue weighted by Crippen LogP contribution is -2.37. The Labute approximate surface area is 111 Å². The smallest absolute Gasteiger partial charge is 0.228 e. The van der Waals surface area contributed by atoms with Crippen LogP contribution in [0, 0.1) is 0 Å². The van der Waals surface area contributed by atoms with Gasteiger partial charge in [-0.3, -0.25) is 0 Å². The molecule has 1 aliphatic rings. The van der Waals surface area contributed by atoms with Crippen LogP contribution >= 0.6 is 11.6 Å². The molecule has 1 aliphatic heterocycles. The molecule has 1 aromatic heterocycles. The van der Waals surface area contributed by atoms with Gasteiger partial charge < -0.3 is 20.1 Å². The highest BCUT2D eigenvalue weighted by atomic mass is 35.5. The molecule has 1 aromatic rings. The highest BCUT2D eigenvalue weighted by molar-refractivity contribution is 6.29. The Bertz CT molecular complexity index is 399. The zero-order valence-corrected chi connectivity index (χ0v) is 11.0. The number of anilines is 2. The lowest BCUT2D eigenvalue weighted by Gasteiger charge is -2.27. The third-order valence-electron chi connectivity index (χ3n) is 2.65. The van der Waals surface area contributed by atoms with Gasteiger partial charge in [0.1, 0.15) is 11.0 Å². The summed E-state index contributed by atoms with van der Waals surface area (Å²) >= 11 is 5.98. The van der Waals surface area contributed by atoms with Crippen LogP contribution in [-0.4, -0.2) is 54.0 Å². The van der Waals surface area contributed by atoms with E-state index in [2.05, 4.69) is 15.3 Å². The first-order chi connectivity index (χ1) is 8.69. The minimum absolute atomic E-state index is 0.0362. The van der Waals surface area contributed by atoms with Gasteiger partial charge in [-0.15, -0.1) is 0 Å². The fourth-order valence-corrected chi connectivity index (χ4v) is 1.86. The second kappa shape index (κ2) is 6.17. The third kappa shape index (κ3) is 3.44. The Morgan fingerprint density at radius 3 is 2.89 bits per heavy atom. The largest absolute Gasteiger partial charge is 0.394 e. The Morgan fingerprint density at radius 1 is 1.50 bits per heavy atom. The zero-order valence-electron chi connectivity index (χ0n) is 10.3. The van der Waals surface area contributed by atoms with Crippen molar-refractivity contribution >= 4 is 23.4 Å². The van der Waals surface area contributed by atoms with Gasteiger partial charge in [-0.1, -0.05) is 11.6 Å². The number of aliphatic hydroxyl groups excluding tert-OH is 1. The second-order valence-corrected chi connectivity index (χ2v) is 4.59. The number of morpholine rings is 1. The SMILES string of the molecule is C[C@H](CO)Nc1cc(Cl)nc(N2CCOCC2)n1. The van der Waals surface area contributed by atoms with Crippen LogP contribution in [0.4, 0.5) is 11.8 Å². The Kier molecular flexibility index (Phi) is 4.57. The molecule has 0 radical (unpaired) electrons. The molecule has 0 amide bonds. The summed E-state index contributed by atoms with van der Waals surface area (Å²) in [6, 6.07) is 1.58. The van der Waals surface area contributed by atoms with Crippen molar-refractivity contribution in [3.63, 3.8) is 0 Å². The first-order valence-electron chi connectivity index (χ1n) is 5.93. The normalized spacial score (nSPS) is 17.6. The summed E-state index contributed by atoms with van der Waals surface area (Å²) in [6.07, 6.45) is 0. The van der Waals surface area contributed by atoms with E-state index in [1.165, 1.54) is 0 Å². The van der Waals surface area contributed by atoms with Crippen LogP contribution in [0.15, 0.2) is 6.07 Å². The predicted octanol–water partition coefficient (Wildman–Crippen LogP) is 0.759. The van der Waals surface area contributed by atoms with Gasteiger partial charge in [0, 0.05) is 25.2 Å². The number of rotatable bonds is 4. The number of hydrogen-bond donors (Lipinski definition) is 2. The van der Waals surface area contributed by atoms with E-state index in [0.29, 0.717) is 30.1 Å². The fourth-order valence-electron chi connectivity index (χ4n) is 1.68. The average molecular weight is 273 g/mol. The van der Waals surface area contributed by atoms with Gasteiger partial charge in [-0.05, 0) is 6.92 Å². The Balaban J connectivity index is 2.14. The second-order valence-electron chi connectivity index (χ2n) is 4.20. The summed E-state index contributed by atoms with van der Waals surface area (Å²) in [6.45, 7) is 4.76. The van der Waals surface area contributed by atoms with Crippen LogP contribution in [0.25, 0.3) is 0 Å². The van der Waals surface area contributed by atoms with Crippen molar-refractivity contribution in [2.75, 3.05) is 43.1 Å². The number of aliphatic hydroxyl groups is 1. The highest BCUT2D eigenvalue weighted by Gasteiger charge is 2.15. The Morgan fingerprint density at radius 2 is 2.22 bits per heavy atom. The van der Waals surface area contributed by atoms with Crippen LogP contribution in [0.5, 0.6) is 0 Å². The fraction of sp³-hybridized carbons (Fsp3) is 0.636. The lowest BCUT2D eigenvalue weighted by molar-refractivity contribution is 0.122. The maximum Gasteiger partial charge on any atom is 0.228 e. The summed E-state index contributed by atoms with van der Waals surface area (Å²) in [4.78, 5) is 10.6. The van der Waals surface area contributed by atoms with Gasteiger partial charge >= 0.3 is 0 Å². The van der Waals surface area contributed by atoms with Crippen LogP contribution in [-0.2, 0) is 4.74 Å². The minimum Gasteiger partial charge on any atom is -0.394 e. The first-order valence-corrected chi connectivity index (χ1v) is 6.31. The average Bonchev–Trinajstić information content (AvgIpc) is 2.39. The van der Waals surface area contributed by atoms with Crippen LogP contribution < -0.4 is 10.2 Å². The molecule has 0 spiro atoms. The van der Waals surface area contributed by atoms with Crippen molar-refractivity contribution < 1.29 is 9.84 Å². The van der Waals surface area contributed by atoms with Gasteiger partial charge in [-0.2, -0.15) is 4.98 Å². The molecule has 0 aliphatic carbocycles. The molecule has 2 rings (SSSR count). The molecule has 100 valence electrons. The van der Waals surface area contributed by atoms with Gasteiger partial charge in [0.25, 0.3) is 0 Å². The molecular formula is C11H17ClN4O2. The molecule has 0 saturated carbocycles. The number of ether oxygens (including phenoxy) is 1. The summed E-state index contributed by atoms with van der Waals surface area (Å²) in [5.41, 5.74) is 0. The quantitative estimate of drug-likeness (QED) is 0.789. The summed E-state index contributed by atoms with van der Waals surface area (Å²) < 4.78 is 5.28. The molecular weight excluding hydrogens is 256 g/mol. The number of aromatic nitrogens is 2. The maximum absolute atomic E-state index is 9.02. The van der Waals surface area contributed by atoms with Gasteiger partial charge in [0.15, 0.2) is 0 Å². The van der Waals surface area contributed by atoms with Gasteiger partial charge in [0.05, 0.1) is 19.8 Å². The van der Waals surface area contributed by atoms with Gasteiger partial charge in [0.2, 0.25) is 5.95 Å². The van der Waals surface area contributed by atoms with Crippen LogP contribution in [0.1, 0.15) is 6.92 Å². The first kappa shape index (κ1) is 13.3. The van der Waals surface area contributed by atoms with Crippen molar-refractivity contribution in [2.45, 2.75) is 13.0 Å². The summed E-state index contributed by atoms with van der Waals surface area (Å²) in [5.74, 6) is 1.22. The third-order valence-corrected chi connectivity index (χ3v) is 2.84. The summed E-state index contributed by atoms with van der Waals surface area (Å²) in [7, 11) is 0. The number of nitrogens with zero attached hydrogens (tertiary/aromatic N) is 3. The molecule has 1 fully saturated rings. The molecule has 18 heavy (non-hydrogen) atoms. The van der Waals surface area contributed by atoms with Crippen LogP contribution in [0.3, 0.4) is 0 Å². The predicted molar refractivity (Wildman–Crippen MR) is 70.2 cm³/mol. The summed E-state index contributed by atoms with van der Waals surface area (Å²) in [5, 5.41) is 12.5. The van der Waals surface area contributed by atoms with Crippen molar-refractivity contribution in [2.24, 2.45) is 0 Å². The molecule has 2 N–H and O–H groups in total. The lowest BCUT2D eigenvalue weighted by atomic mass is 10.3. The topological polar surface area (TPSA) is 70.5 Å². The standard InChI is InChI=1S/C11H17ClN4O2/c1-8(7-17)13-10-6-9(12)14-11(15-10)16-2-4-18-5-3-16/h6,8,17H,2-5,7H2,1H3,(H,13,14,15)/t8-/m1/s1. The molecule has 6 nitrogen and oxygen atoms in total. The molecule has 0 aromatic carbocycles. The Hall–Kier alpha value is -1.11. The minimum atomic E-state index is -0.0755. The number of halogens is 1. The van der Waals surface area contributed by atoms with E-state index in [4.69, 9.17) is 21.4 Å².